The molecule has 1 fully saturated rings. The third-order valence-corrected chi connectivity index (χ3v) is 3.83. The van der Waals surface area contributed by atoms with Gasteiger partial charge in [-0.05, 0) is 38.1 Å². The lowest BCUT2D eigenvalue weighted by molar-refractivity contribution is -0.133. The van der Waals surface area contributed by atoms with Crippen molar-refractivity contribution in [1.82, 2.24) is 4.90 Å². The molecule has 1 rings (SSSR count). The van der Waals surface area contributed by atoms with Crippen LogP contribution in [-0.2, 0) is 4.79 Å². The van der Waals surface area contributed by atoms with E-state index in [-0.39, 0.29) is 18.6 Å². The summed E-state index contributed by atoms with van der Waals surface area (Å²) in [6.07, 6.45) is 5.61. The Morgan fingerprint density at radius 3 is 2.88 bits per heavy atom. The molecular formula is C13H26N2O2. The average Bonchev–Trinajstić information content (AvgIpc) is 2.82. The van der Waals surface area contributed by atoms with Gasteiger partial charge in [0.15, 0.2) is 0 Å². The highest BCUT2D eigenvalue weighted by Crippen LogP contribution is 2.20. The first-order valence-electron chi connectivity index (χ1n) is 6.83. The number of carbonyl (C=O) groups excluding carboxylic acids is 1. The number of aliphatic hydroxyl groups excluding tert-OH is 1. The summed E-state index contributed by atoms with van der Waals surface area (Å²) >= 11 is 0. The molecule has 4 heteroatoms. The van der Waals surface area contributed by atoms with Crippen LogP contribution in [0.1, 0.15) is 45.4 Å². The minimum absolute atomic E-state index is 0.0667. The van der Waals surface area contributed by atoms with E-state index in [0.717, 1.165) is 38.6 Å². The Hall–Kier alpha value is -0.610. The number of likely N-dealkylation sites (tertiary alicyclic amines) is 1. The topological polar surface area (TPSA) is 66.6 Å². The number of aliphatic hydroxyl groups is 1. The summed E-state index contributed by atoms with van der Waals surface area (Å²) in [4.78, 5) is 13.9. The zero-order valence-electron chi connectivity index (χ0n) is 10.9. The van der Waals surface area contributed by atoms with Gasteiger partial charge in [0, 0.05) is 13.0 Å². The van der Waals surface area contributed by atoms with E-state index in [9.17, 15) is 9.90 Å². The van der Waals surface area contributed by atoms with Gasteiger partial charge in [-0.1, -0.05) is 13.3 Å². The van der Waals surface area contributed by atoms with Gasteiger partial charge in [0.05, 0.1) is 12.6 Å². The minimum Gasteiger partial charge on any atom is -0.394 e. The highest BCUT2D eigenvalue weighted by Gasteiger charge is 2.27. The van der Waals surface area contributed by atoms with E-state index in [2.05, 4.69) is 6.92 Å². The molecular weight excluding hydrogens is 216 g/mol. The van der Waals surface area contributed by atoms with E-state index in [4.69, 9.17) is 5.73 Å². The van der Waals surface area contributed by atoms with Gasteiger partial charge in [-0.25, -0.2) is 0 Å². The molecule has 100 valence electrons. The van der Waals surface area contributed by atoms with Crippen LogP contribution in [0.4, 0.5) is 0 Å². The van der Waals surface area contributed by atoms with Crippen LogP contribution in [0.3, 0.4) is 0 Å². The summed E-state index contributed by atoms with van der Waals surface area (Å²) in [5.74, 6) is 0.774. The van der Waals surface area contributed by atoms with Gasteiger partial charge in [0.2, 0.25) is 5.91 Å². The molecule has 2 unspecified atom stereocenters. The number of hydrogen-bond donors (Lipinski definition) is 2. The van der Waals surface area contributed by atoms with Crippen molar-refractivity contribution < 1.29 is 9.90 Å². The van der Waals surface area contributed by atoms with Crippen LogP contribution >= 0.6 is 0 Å². The molecule has 1 saturated heterocycles. The van der Waals surface area contributed by atoms with E-state index in [1.807, 2.05) is 4.90 Å². The van der Waals surface area contributed by atoms with E-state index in [1.54, 1.807) is 0 Å². The Bertz CT molecular complexity index is 233. The molecule has 0 aromatic rings. The van der Waals surface area contributed by atoms with Crippen molar-refractivity contribution in [1.29, 1.82) is 0 Å². The molecule has 0 aliphatic carbocycles. The summed E-state index contributed by atoms with van der Waals surface area (Å²) in [6.45, 7) is 3.77. The third kappa shape index (κ3) is 4.28. The van der Waals surface area contributed by atoms with Crippen molar-refractivity contribution in [3.8, 4) is 0 Å². The van der Waals surface area contributed by atoms with Gasteiger partial charge in [-0.3, -0.25) is 4.79 Å². The van der Waals surface area contributed by atoms with Crippen LogP contribution in [0, 0.1) is 5.92 Å². The molecule has 2 atom stereocenters. The van der Waals surface area contributed by atoms with Crippen molar-refractivity contribution in [3.05, 3.63) is 0 Å². The fraction of sp³-hybridized carbons (Fsp3) is 0.923. The number of nitrogens with zero attached hydrogens (tertiary/aromatic N) is 1. The quantitative estimate of drug-likeness (QED) is 0.703. The first-order valence-corrected chi connectivity index (χ1v) is 6.83. The zero-order valence-corrected chi connectivity index (χ0v) is 10.9. The highest BCUT2D eigenvalue weighted by atomic mass is 16.3. The third-order valence-electron chi connectivity index (χ3n) is 3.83. The SMILES string of the molecule is CCC(CCN)CCC(=O)N1CCCC1CO. The summed E-state index contributed by atoms with van der Waals surface area (Å²) < 4.78 is 0. The summed E-state index contributed by atoms with van der Waals surface area (Å²) in [5, 5.41) is 9.18. The van der Waals surface area contributed by atoms with Crippen LogP contribution in [0.15, 0.2) is 0 Å². The molecule has 17 heavy (non-hydrogen) atoms. The predicted octanol–water partition coefficient (Wildman–Crippen LogP) is 1.12. The van der Waals surface area contributed by atoms with E-state index >= 15 is 0 Å². The van der Waals surface area contributed by atoms with Crippen LogP contribution in [0.2, 0.25) is 0 Å². The van der Waals surface area contributed by atoms with Crippen molar-refractivity contribution in [2.24, 2.45) is 11.7 Å². The van der Waals surface area contributed by atoms with Crippen LogP contribution < -0.4 is 5.73 Å². The maximum absolute atomic E-state index is 12.0. The molecule has 1 amide bonds. The Kier molecular flexibility index (Phi) is 6.52. The van der Waals surface area contributed by atoms with Gasteiger partial charge in [0.25, 0.3) is 0 Å². The fourth-order valence-corrected chi connectivity index (χ4v) is 2.61. The Morgan fingerprint density at radius 1 is 1.53 bits per heavy atom. The van der Waals surface area contributed by atoms with E-state index in [1.165, 1.54) is 0 Å². The maximum Gasteiger partial charge on any atom is 0.222 e. The predicted molar refractivity (Wildman–Crippen MR) is 68.5 cm³/mol. The minimum atomic E-state index is 0.0667. The normalized spacial score (nSPS) is 21.8. The summed E-state index contributed by atoms with van der Waals surface area (Å²) in [7, 11) is 0. The molecule has 4 nitrogen and oxygen atoms in total. The zero-order chi connectivity index (χ0) is 12.7. The molecule has 0 spiro atoms. The molecule has 1 aliphatic heterocycles. The molecule has 0 bridgehead atoms. The maximum atomic E-state index is 12.0. The standard InChI is InChI=1S/C13H26N2O2/c1-2-11(7-8-14)5-6-13(17)15-9-3-4-12(15)10-16/h11-12,16H,2-10,14H2,1H3. The second-order valence-corrected chi connectivity index (χ2v) is 4.96. The fourth-order valence-electron chi connectivity index (χ4n) is 2.61. The van der Waals surface area contributed by atoms with Gasteiger partial charge >= 0.3 is 0 Å². The largest absolute Gasteiger partial charge is 0.394 e. The number of rotatable bonds is 7. The summed E-state index contributed by atoms with van der Waals surface area (Å²) in [5.41, 5.74) is 5.55. The lowest BCUT2D eigenvalue weighted by Crippen LogP contribution is -2.37. The monoisotopic (exact) mass is 242 g/mol. The number of hydrogen-bond acceptors (Lipinski definition) is 3. The van der Waals surface area contributed by atoms with Crippen molar-refractivity contribution in [3.63, 3.8) is 0 Å². The second kappa shape index (κ2) is 7.67. The van der Waals surface area contributed by atoms with Crippen molar-refractivity contribution in [2.75, 3.05) is 19.7 Å². The molecule has 1 heterocycles. The van der Waals surface area contributed by atoms with Crippen molar-refractivity contribution >= 4 is 5.91 Å². The highest BCUT2D eigenvalue weighted by molar-refractivity contribution is 5.76. The van der Waals surface area contributed by atoms with Gasteiger partial charge in [-0.2, -0.15) is 0 Å². The Labute approximate surface area is 104 Å². The smallest absolute Gasteiger partial charge is 0.222 e. The van der Waals surface area contributed by atoms with E-state index in [0.29, 0.717) is 18.9 Å². The van der Waals surface area contributed by atoms with Crippen LogP contribution in [0.5, 0.6) is 0 Å². The number of amides is 1. The van der Waals surface area contributed by atoms with E-state index < -0.39 is 0 Å². The molecule has 0 saturated carbocycles. The Morgan fingerprint density at radius 2 is 2.29 bits per heavy atom. The molecule has 0 radical (unpaired) electrons. The molecule has 0 aromatic heterocycles. The average molecular weight is 242 g/mol. The molecule has 1 aliphatic rings. The van der Waals surface area contributed by atoms with Crippen molar-refractivity contribution in [2.45, 2.75) is 51.5 Å². The Balaban J connectivity index is 2.33. The van der Waals surface area contributed by atoms with Crippen LogP contribution in [0.25, 0.3) is 0 Å². The van der Waals surface area contributed by atoms with Gasteiger partial charge < -0.3 is 15.7 Å². The number of nitrogens with two attached hydrogens (primary N) is 1. The molecule has 3 N–H and O–H groups in total. The first-order chi connectivity index (χ1) is 8.22. The summed E-state index contributed by atoms with van der Waals surface area (Å²) in [6, 6.07) is 0.0667. The lowest BCUT2D eigenvalue weighted by Gasteiger charge is -2.24. The lowest BCUT2D eigenvalue weighted by atomic mass is 9.96. The number of carbonyl (C=O) groups is 1. The second-order valence-electron chi connectivity index (χ2n) is 4.96. The van der Waals surface area contributed by atoms with Gasteiger partial charge in [0.1, 0.15) is 0 Å². The van der Waals surface area contributed by atoms with Crippen LogP contribution in [-0.4, -0.2) is 41.7 Å². The first kappa shape index (κ1) is 14.5. The van der Waals surface area contributed by atoms with Gasteiger partial charge in [-0.15, -0.1) is 0 Å². The molecule has 0 aromatic carbocycles.